The molecule has 1 saturated heterocycles. The van der Waals surface area contributed by atoms with Gasteiger partial charge in [-0.15, -0.1) is 0 Å². The summed E-state index contributed by atoms with van der Waals surface area (Å²) in [4.78, 5) is 11.2. The standard InChI is InChI=1S/C12H14FNO3/c1-16-12(15)10-3-2-8(4-11(10)13)5-14-9-6-17-7-9/h2-4,9,14H,5-7H2,1H3. The summed E-state index contributed by atoms with van der Waals surface area (Å²) in [5.74, 6) is -1.21. The van der Waals surface area contributed by atoms with Gasteiger partial charge in [0, 0.05) is 6.54 Å². The molecule has 1 aromatic rings. The van der Waals surface area contributed by atoms with E-state index in [0.717, 1.165) is 5.56 Å². The van der Waals surface area contributed by atoms with Crippen molar-refractivity contribution in [3.8, 4) is 0 Å². The van der Waals surface area contributed by atoms with Crippen molar-refractivity contribution in [2.75, 3.05) is 20.3 Å². The molecule has 1 N–H and O–H groups in total. The Morgan fingerprint density at radius 2 is 2.35 bits per heavy atom. The molecule has 92 valence electrons. The summed E-state index contributed by atoms with van der Waals surface area (Å²) in [6.45, 7) is 1.96. The zero-order chi connectivity index (χ0) is 12.3. The quantitative estimate of drug-likeness (QED) is 0.799. The van der Waals surface area contributed by atoms with Crippen molar-refractivity contribution in [3.05, 3.63) is 35.1 Å². The number of hydrogen-bond donors (Lipinski definition) is 1. The molecule has 1 aromatic carbocycles. The van der Waals surface area contributed by atoms with Gasteiger partial charge in [0.25, 0.3) is 0 Å². The molecule has 0 radical (unpaired) electrons. The normalized spacial score (nSPS) is 15.4. The van der Waals surface area contributed by atoms with E-state index < -0.39 is 11.8 Å². The fourth-order valence-corrected chi connectivity index (χ4v) is 1.56. The highest BCUT2D eigenvalue weighted by atomic mass is 19.1. The first-order valence-corrected chi connectivity index (χ1v) is 5.38. The molecular weight excluding hydrogens is 225 g/mol. The molecule has 1 heterocycles. The van der Waals surface area contributed by atoms with Gasteiger partial charge >= 0.3 is 5.97 Å². The number of methoxy groups -OCH3 is 1. The van der Waals surface area contributed by atoms with Crippen LogP contribution in [0.5, 0.6) is 0 Å². The molecule has 0 unspecified atom stereocenters. The highest BCUT2D eigenvalue weighted by Crippen LogP contribution is 2.12. The number of carbonyl (C=O) groups is 1. The van der Waals surface area contributed by atoms with E-state index in [9.17, 15) is 9.18 Å². The van der Waals surface area contributed by atoms with Crippen LogP contribution in [0.15, 0.2) is 18.2 Å². The summed E-state index contributed by atoms with van der Waals surface area (Å²) in [7, 11) is 1.23. The monoisotopic (exact) mass is 239 g/mol. The molecule has 2 rings (SSSR count). The molecule has 1 aliphatic heterocycles. The van der Waals surface area contributed by atoms with Gasteiger partial charge in [0.15, 0.2) is 0 Å². The Bertz CT molecular complexity index is 418. The van der Waals surface area contributed by atoms with Gasteiger partial charge in [-0.3, -0.25) is 0 Å². The minimum absolute atomic E-state index is 0.0387. The van der Waals surface area contributed by atoms with Crippen molar-refractivity contribution in [3.63, 3.8) is 0 Å². The molecule has 0 spiro atoms. The van der Waals surface area contributed by atoms with Crippen LogP contribution in [0.4, 0.5) is 4.39 Å². The van der Waals surface area contributed by atoms with Crippen LogP contribution in [0, 0.1) is 5.82 Å². The second-order valence-corrected chi connectivity index (χ2v) is 3.92. The number of esters is 1. The predicted octanol–water partition coefficient (Wildman–Crippen LogP) is 1.10. The highest BCUT2D eigenvalue weighted by Gasteiger charge is 2.17. The van der Waals surface area contributed by atoms with E-state index in [-0.39, 0.29) is 5.56 Å². The Labute approximate surface area is 98.7 Å². The zero-order valence-corrected chi connectivity index (χ0v) is 9.53. The predicted molar refractivity (Wildman–Crippen MR) is 59.2 cm³/mol. The van der Waals surface area contributed by atoms with Crippen molar-refractivity contribution in [1.82, 2.24) is 5.32 Å². The lowest BCUT2D eigenvalue weighted by Crippen LogP contribution is -2.45. The maximum Gasteiger partial charge on any atom is 0.340 e. The molecule has 0 amide bonds. The molecule has 0 aromatic heterocycles. The molecule has 17 heavy (non-hydrogen) atoms. The first-order valence-electron chi connectivity index (χ1n) is 5.38. The van der Waals surface area contributed by atoms with Gasteiger partial charge in [-0.1, -0.05) is 6.07 Å². The maximum atomic E-state index is 13.6. The van der Waals surface area contributed by atoms with E-state index in [1.807, 2.05) is 0 Å². The van der Waals surface area contributed by atoms with Crippen LogP contribution in [0.1, 0.15) is 15.9 Å². The smallest absolute Gasteiger partial charge is 0.340 e. The number of halogens is 1. The molecule has 4 nitrogen and oxygen atoms in total. The molecule has 0 aliphatic carbocycles. The molecule has 0 atom stereocenters. The summed E-state index contributed by atoms with van der Waals surface area (Å²) in [6, 6.07) is 4.84. The fourth-order valence-electron chi connectivity index (χ4n) is 1.56. The molecule has 1 fully saturated rings. The van der Waals surface area contributed by atoms with Crippen molar-refractivity contribution in [2.24, 2.45) is 0 Å². The van der Waals surface area contributed by atoms with Crippen LogP contribution in [-0.4, -0.2) is 32.3 Å². The third-order valence-electron chi connectivity index (χ3n) is 2.67. The van der Waals surface area contributed by atoms with E-state index in [1.54, 1.807) is 6.07 Å². The largest absolute Gasteiger partial charge is 0.465 e. The lowest BCUT2D eigenvalue weighted by atomic mass is 10.1. The van der Waals surface area contributed by atoms with E-state index >= 15 is 0 Å². The Morgan fingerprint density at radius 1 is 1.59 bits per heavy atom. The Kier molecular flexibility index (Phi) is 3.71. The maximum absolute atomic E-state index is 13.6. The number of rotatable bonds is 4. The van der Waals surface area contributed by atoms with E-state index in [1.165, 1.54) is 19.2 Å². The number of hydrogen-bond acceptors (Lipinski definition) is 4. The number of carbonyl (C=O) groups excluding carboxylic acids is 1. The van der Waals surface area contributed by atoms with Gasteiger partial charge < -0.3 is 14.8 Å². The Hall–Kier alpha value is -1.46. The highest BCUT2D eigenvalue weighted by molar-refractivity contribution is 5.89. The summed E-state index contributed by atoms with van der Waals surface area (Å²) in [5.41, 5.74) is 0.755. The summed E-state index contributed by atoms with van der Waals surface area (Å²) >= 11 is 0. The topological polar surface area (TPSA) is 47.6 Å². The van der Waals surface area contributed by atoms with Gasteiger partial charge in [-0.2, -0.15) is 0 Å². The van der Waals surface area contributed by atoms with Gasteiger partial charge in [0.05, 0.1) is 31.9 Å². The average molecular weight is 239 g/mol. The van der Waals surface area contributed by atoms with Crippen LogP contribution in [0.2, 0.25) is 0 Å². The van der Waals surface area contributed by atoms with Gasteiger partial charge in [0.1, 0.15) is 5.82 Å². The SMILES string of the molecule is COC(=O)c1ccc(CNC2COC2)cc1F. The second-order valence-electron chi connectivity index (χ2n) is 3.92. The van der Waals surface area contributed by atoms with Gasteiger partial charge in [-0.25, -0.2) is 9.18 Å². The molecular formula is C12H14FNO3. The van der Waals surface area contributed by atoms with Crippen molar-refractivity contribution >= 4 is 5.97 Å². The lowest BCUT2D eigenvalue weighted by Gasteiger charge is -2.27. The van der Waals surface area contributed by atoms with E-state index in [0.29, 0.717) is 25.8 Å². The van der Waals surface area contributed by atoms with Crippen LogP contribution in [0.25, 0.3) is 0 Å². The van der Waals surface area contributed by atoms with Crippen LogP contribution < -0.4 is 5.32 Å². The first kappa shape index (κ1) is 12.0. The van der Waals surface area contributed by atoms with Crippen molar-refractivity contribution in [1.29, 1.82) is 0 Å². The summed E-state index contributed by atoms with van der Waals surface area (Å²) in [5, 5.41) is 3.22. The summed E-state index contributed by atoms with van der Waals surface area (Å²) < 4.78 is 23.0. The third-order valence-corrected chi connectivity index (χ3v) is 2.67. The minimum atomic E-state index is -0.658. The second kappa shape index (κ2) is 5.25. The number of ether oxygens (including phenoxy) is 2. The first-order chi connectivity index (χ1) is 8.20. The fraction of sp³-hybridized carbons (Fsp3) is 0.417. The Balaban J connectivity index is 1.99. The third kappa shape index (κ3) is 2.81. The van der Waals surface area contributed by atoms with Crippen LogP contribution >= 0.6 is 0 Å². The van der Waals surface area contributed by atoms with Gasteiger partial charge in [-0.05, 0) is 17.7 Å². The molecule has 0 bridgehead atoms. The molecule has 1 aliphatic rings. The summed E-state index contributed by atoms with van der Waals surface area (Å²) in [6.07, 6.45) is 0. The number of benzene rings is 1. The van der Waals surface area contributed by atoms with E-state index in [4.69, 9.17) is 4.74 Å². The van der Waals surface area contributed by atoms with Crippen LogP contribution in [-0.2, 0) is 16.0 Å². The van der Waals surface area contributed by atoms with Crippen molar-refractivity contribution < 1.29 is 18.7 Å². The number of nitrogens with one attached hydrogen (secondary N) is 1. The average Bonchev–Trinajstić information content (AvgIpc) is 2.26. The van der Waals surface area contributed by atoms with E-state index in [2.05, 4.69) is 10.1 Å². The van der Waals surface area contributed by atoms with Crippen molar-refractivity contribution in [2.45, 2.75) is 12.6 Å². The van der Waals surface area contributed by atoms with Crippen LogP contribution in [0.3, 0.4) is 0 Å². The minimum Gasteiger partial charge on any atom is -0.465 e. The zero-order valence-electron chi connectivity index (χ0n) is 9.53. The lowest BCUT2D eigenvalue weighted by molar-refractivity contribution is -0.00579. The molecule has 0 saturated carbocycles. The molecule has 5 heteroatoms. The van der Waals surface area contributed by atoms with Gasteiger partial charge in [0.2, 0.25) is 0 Å². The Morgan fingerprint density at radius 3 is 2.88 bits per heavy atom.